The van der Waals surface area contributed by atoms with E-state index in [0.717, 1.165) is 24.3 Å². The number of nitrogens with one attached hydrogen (secondary N) is 2. The summed E-state index contributed by atoms with van der Waals surface area (Å²) >= 11 is 0. The maximum atomic E-state index is 14.0. The molecule has 1 heterocycles. The van der Waals surface area contributed by atoms with Gasteiger partial charge >= 0.3 is 0 Å². The standard InChI is InChI=1S/C27H33F3N4O5S.ClH/c1-26(2,31)25(36)32-22(15-39-14-18-20(29)7-6-8-21(18)30)24(35)34(5)13-19-23(16-9-11-17(28)12-10-16)40(37,38)33-27(19,3)4;/h6-12,22,33H,13-15,31H2,1-5H3,(H,32,36);1H/t22-;/m1./s1. The lowest BCUT2D eigenvalue weighted by atomic mass is 9.92. The third-order valence-corrected chi connectivity index (χ3v) is 8.14. The van der Waals surface area contributed by atoms with Crippen LogP contribution in [0.25, 0.3) is 4.91 Å². The molecule has 0 bridgehead atoms. The van der Waals surface area contributed by atoms with Crippen molar-refractivity contribution in [1.82, 2.24) is 14.9 Å². The number of amides is 2. The highest BCUT2D eigenvalue weighted by Gasteiger charge is 2.44. The van der Waals surface area contributed by atoms with Gasteiger partial charge in [0.15, 0.2) is 0 Å². The van der Waals surface area contributed by atoms with Gasteiger partial charge in [-0.15, -0.1) is 12.4 Å². The number of likely N-dealkylation sites (N-methyl/N-ethyl adjacent to an activating group) is 1. The maximum absolute atomic E-state index is 14.0. The number of ether oxygens (including phenoxy) is 1. The average Bonchev–Trinajstić information content (AvgIpc) is 3.02. The van der Waals surface area contributed by atoms with Crippen molar-refractivity contribution in [3.8, 4) is 0 Å². The lowest BCUT2D eigenvalue weighted by Gasteiger charge is -2.30. The number of rotatable bonds is 10. The van der Waals surface area contributed by atoms with Gasteiger partial charge in [-0.3, -0.25) is 9.59 Å². The van der Waals surface area contributed by atoms with Crippen molar-refractivity contribution in [2.45, 2.75) is 51.4 Å². The van der Waals surface area contributed by atoms with Crippen LogP contribution in [0.1, 0.15) is 38.8 Å². The average molecular weight is 619 g/mol. The van der Waals surface area contributed by atoms with E-state index in [0.29, 0.717) is 5.57 Å². The molecule has 3 rings (SSSR count). The Morgan fingerprint density at radius 2 is 1.66 bits per heavy atom. The molecule has 14 heteroatoms. The Balaban J connectivity index is 0.00000588. The molecule has 226 valence electrons. The first kappa shape index (κ1) is 34.2. The van der Waals surface area contributed by atoms with Gasteiger partial charge in [0.2, 0.25) is 21.8 Å². The van der Waals surface area contributed by atoms with Gasteiger partial charge < -0.3 is 20.7 Å². The summed E-state index contributed by atoms with van der Waals surface area (Å²) in [6, 6.07) is 6.93. The molecule has 1 atom stereocenters. The summed E-state index contributed by atoms with van der Waals surface area (Å²) in [5.74, 6) is -3.55. The van der Waals surface area contributed by atoms with Gasteiger partial charge in [-0.25, -0.2) is 26.3 Å². The molecular weight excluding hydrogens is 585 g/mol. The van der Waals surface area contributed by atoms with E-state index in [-0.39, 0.29) is 35.0 Å². The molecule has 9 nitrogen and oxygen atoms in total. The summed E-state index contributed by atoms with van der Waals surface area (Å²) in [6.45, 7) is 4.95. The van der Waals surface area contributed by atoms with E-state index in [1.54, 1.807) is 13.8 Å². The Kier molecular flexibility index (Phi) is 10.8. The number of benzene rings is 2. The first-order chi connectivity index (χ1) is 18.4. The van der Waals surface area contributed by atoms with E-state index < -0.39 is 69.6 Å². The van der Waals surface area contributed by atoms with Gasteiger partial charge in [-0.2, -0.15) is 0 Å². The molecule has 2 aromatic rings. The summed E-state index contributed by atoms with van der Waals surface area (Å²) in [5, 5.41) is 2.50. The molecule has 0 spiro atoms. The molecule has 0 unspecified atom stereocenters. The van der Waals surface area contributed by atoms with Crippen LogP contribution in [0.5, 0.6) is 0 Å². The Morgan fingerprint density at radius 1 is 1.10 bits per heavy atom. The third kappa shape index (κ3) is 8.07. The first-order valence-corrected chi connectivity index (χ1v) is 13.8. The summed E-state index contributed by atoms with van der Waals surface area (Å²) in [7, 11) is -2.60. The second-order valence-corrected chi connectivity index (χ2v) is 12.3. The number of sulfonamides is 1. The van der Waals surface area contributed by atoms with Gasteiger partial charge in [0.05, 0.1) is 29.2 Å². The molecule has 1 aliphatic heterocycles. The molecule has 0 radical (unpaired) electrons. The third-order valence-electron chi connectivity index (χ3n) is 6.35. The number of hydrogen-bond acceptors (Lipinski definition) is 6. The smallest absolute Gasteiger partial charge is 0.247 e. The Labute approximate surface area is 243 Å². The molecule has 1 aliphatic rings. The molecule has 0 saturated heterocycles. The van der Waals surface area contributed by atoms with Crippen LogP contribution in [-0.2, 0) is 31.0 Å². The van der Waals surface area contributed by atoms with Crippen molar-refractivity contribution < 1.29 is 35.9 Å². The van der Waals surface area contributed by atoms with Crippen molar-refractivity contribution in [1.29, 1.82) is 0 Å². The van der Waals surface area contributed by atoms with Crippen molar-refractivity contribution in [2.75, 3.05) is 20.2 Å². The van der Waals surface area contributed by atoms with Crippen LogP contribution in [0.2, 0.25) is 0 Å². The van der Waals surface area contributed by atoms with E-state index in [4.69, 9.17) is 10.5 Å². The molecule has 0 aliphatic carbocycles. The van der Waals surface area contributed by atoms with Crippen LogP contribution >= 0.6 is 12.4 Å². The summed E-state index contributed by atoms with van der Waals surface area (Å²) < 4.78 is 75.6. The zero-order valence-electron chi connectivity index (χ0n) is 23.3. The van der Waals surface area contributed by atoms with Gasteiger partial charge in [0.25, 0.3) is 0 Å². The van der Waals surface area contributed by atoms with Crippen molar-refractivity contribution in [2.24, 2.45) is 5.73 Å². The fraction of sp³-hybridized carbons (Fsp3) is 0.407. The minimum Gasteiger partial charge on any atom is -0.374 e. The first-order valence-electron chi connectivity index (χ1n) is 12.3. The minimum atomic E-state index is -4.01. The summed E-state index contributed by atoms with van der Waals surface area (Å²) in [4.78, 5) is 27.3. The van der Waals surface area contributed by atoms with E-state index in [1.807, 2.05) is 0 Å². The number of nitrogens with zero attached hydrogens (tertiary/aromatic N) is 1. The van der Waals surface area contributed by atoms with E-state index in [1.165, 1.54) is 44.0 Å². The monoisotopic (exact) mass is 618 g/mol. The van der Waals surface area contributed by atoms with Crippen LogP contribution in [0.4, 0.5) is 13.2 Å². The van der Waals surface area contributed by atoms with E-state index in [9.17, 15) is 31.2 Å². The quantitative estimate of drug-likeness (QED) is 0.375. The van der Waals surface area contributed by atoms with Gasteiger partial charge in [0, 0.05) is 19.2 Å². The Bertz CT molecular complexity index is 1410. The second kappa shape index (κ2) is 12.9. The SMILES string of the molecule is CN(CC1=C(c2ccc(F)cc2)S(=O)(=O)NC1(C)C)C(=O)[C@@H](COCc1c(F)cccc1F)NC(=O)C(C)(C)N.Cl. The van der Waals surface area contributed by atoms with E-state index in [2.05, 4.69) is 10.0 Å². The predicted molar refractivity (Wildman–Crippen MR) is 151 cm³/mol. The van der Waals surface area contributed by atoms with Crippen LogP contribution in [-0.4, -0.2) is 62.5 Å². The summed E-state index contributed by atoms with van der Waals surface area (Å²) in [5.41, 5.74) is 3.62. The maximum Gasteiger partial charge on any atom is 0.247 e. The molecule has 2 amide bonds. The fourth-order valence-corrected chi connectivity index (χ4v) is 6.13. The summed E-state index contributed by atoms with van der Waals surface area (Å²) in [6.07, 6.45) is 0. The second-order valence-electron chi connectivity index (χ2n) is 10.7. The number of nitrogens with two attached hydrogens (primary N) is 1. The van der Waals surface area contributed by atoms with Crippen molar-refractivity contribution >= 4 is 39.1 Å². The van der Waals surface area contributed by atoms with Crippen molar-refractivity contribution in [3.63, 3.8) is 0 Å². The zero-order valence-corrected chi connectivity index (χ0v) is 24.9. The fourth-order valence-electron chi connectivity index (χ4n) is 4.14. The number of carbonyl (C=O) groups is 2. The highest BCUT2D eigenvalue weighted by molar-refractivity contribution is 7.99. The van der Waals surface area contributed by atoms with Crippen LogP contribution in [0.15, 0.2) is 48.0 Å². The van der Waals surface area contributed by atoms with Crippen LogP contribution in [0.3, 0.4) is 0 Å². The number of carbonyl (C=O) groups excluding carboxylic acids is 2. The zero-order chi connectivity index (χ0) is 30.0. The number of hydrogen-bond donors (Lipinski definition) is 3. The van der Waals surface area contributed by atoms with Crippen LogP contribution in [0, 0.1) is 17.5 Å². The molecular formula is C27H34ClF3N4O5S. The molecule has 41 heavy (non-hydrogen) atoms. The molecule has 0 fully saturated rings. The highest BCUT2D eigenvalue weighted by Crippen LogP contribution is 2.38. The topological polar surface area (TPSA) is 131 Å². The van der Waals surface area contributed by atoms with Gasteiger partial charge in [-0.05, 0) is 63.1 Å². The minimum absolute atomic E-state index is 0. The highest BCUT2D eigenvalue weighted by atomic mass is 35.5. The van der Waals surface area contributed by atoms with E-state index >= 15 is 0 Å². The molecule has 0 aromatic heterocycles. The largest absolute Gasteiger partial charge is 0.374 e. The van der Waals surface area contributed by atoms with Crippen LogP contribution < -0.4 is 15.8 Å². The lowest BCUT2D eigenvalue weighted by molar-refractivity contribution is -0.138. The Hall–Kier alpha value is -2.97. The Morgan fingerprint density at radius 3 is 2.20 bits per heavy atom. The van der Waals surface area contributed by atoms with Gasteiger partial charge in [0.1, 0.15) is 23.5 Å². The molecule has 4 N–H and O–H groups in total. The molecule has 2 aromatic carbocycles. The van der Waals surface area contributed by atoms with Gasteiger partial charge in [-0.1, -0.05) is 18.2 Å². The van der Waals surface area contributed by atoms with Crippen molar-refractivity contribution in [3.05, 3.63) is 76.6 Å². The molecule has 0 saturated carbocycles. The normalized spacial score (nSPS) is 16.6. The lowest BCUT2D eigenvalue weighted by Crippen LogP contribution is -2.57. The number of halogens is 4. The predicted octanol–water partition coefficient (Wildman–Crippen LogP) is 2.85.